The molecule has 1 aromatic carbocycles. The summed E-state index contributed by atoms with van der Waals surface area (Å²) in [5.74, 6) is 0.455. The number of anilines is 1. The maximum absolute atomic E-state index is 11.9. The molecule has 0 amide bonds. The van der Waals surface area contributed by atoms with Gasteiger partial charge in [0.25, 0.3) is 0 Å². The van der Waals surface area contributed by atoms with Gasteiger partial charge in [-0.3, -0.25) is 4.21 Å². The van der Waals surface area contributed by atoms with Crippen molar-refractivity contribution in [1.29, 1.82) is 0 Å². The molecule has 0 aliphatic rings. The summed E-state index contributed by atoms with van der Waals surface area (Å²) in [6.07, 6.45) is 0. The normalized spacial score (nSPS) is 12.6. The highest BCUT2D eigenvalue weighted by Crippen LogP contribution is 2.17. The van der Waals surface area contributed by atoms with E-state index in [1.165, 1.54) is 0 Å². The third-order valence-corrected chi connectivity index (χ3v) is 3.66. The molecule has 17 heavy (non-hydrogen) atoms. The summed E-state index contributed by atoms with van der Waals surface area (Å²) in [7, 11) is 0.520. The summed E-state index contributed by atoms with van der Waals surface area (Å²) >= 11 is 0. The highest BCUT2D eigenvalue weighted by atomic mass is 32.2. The number of rotatable bonds is 7. The molecule has 4 nitrogen and oxygen atoms in total. The molecular weight excluding hydrogens is 238 g/mol. The molecule has 5 heteroatoms. The van der Waals surface area contributed by atoms with Gasteiger partial charge >= 0.3 is 0 Å². The molecule has 0 saturated heterocycles. The van der Waals surface area contributed by atoms with Crippen molar-refractivity contribution in [3.8, 4) is 0 Å². The largest absolute Gasteiger partial charge is 0.398 e. The van der Waals surface area contributed by atoms with Crippen molar-refractivity contribution in [2.45, 2.75) is 11.8 Å². The fraction of sp³-hybridized carbons (Fsp3) is 0.500. The van der Waals surface area contributed by atoms with E-state index in [1.807, 2.05) is 25.1 Å². The first kappa shape index (κ1) is 14.2. The predicted molar refractivity (Wildman–Crippen MR) is 69.6 cm³/mol. The van der Waals surface area contributed by atoms with Crippen LogP contribution in [-0.4, -0.2) is 36.9 Å². The first-order valence-electron chi connectivity index (χ1n) is 5.46. The van der Waals surface area contributed by atoms with Crippen LogP contribution < -0.4 is 5.73 Å². The van der Waals surface area contributed by atoms with Crippen LogP contribution in [0, 0.1) is 6.92 Å². The zero-order chi connectivity index (χ0) is 12.7. The van der Waals surface area contributed by atoms with Gasteiger partial charge in [0.2, 0.25) is 0 Å². The van der Waals surface area contributed by atoms with Crippen LogP contribution in [0.2, 0.25) is 0 Å². The van der Waals surface area contributed by atoms with Gasteiger partial charge in [0, 0.05) is 12.8 Å². The zero-order valence-electron chi connectivity index (χ0n) is 10.3. The molecule has 0 aromatic heterocycles. The van der Waals surface area contributed by atoms with Crippen molar-refractivity contribution in [3.63, 3.8) is 0 Å². The Morgan fingerprint density at radius 3 is 2.71 bits per heavy atom. The molecule has 1 unspecified atom stereocenters. The van der Waals surface area contributed by atoms with Gasteiger partial charge in [-0.25, -0.2) is 0 Å². The molecule has 2 N–H and O–H groups in total. The van der Waals surface area contributed by atoms with Gasteiger partial charge in [0.1, 0.15) is 0 Å². The third kappa shape index (κ3) is 4.85. The molecule has 1 aromatic rings. The number of aryl methyl sites for hydroxylation is 1. The maximum atomic E-state index is 11.9. The van der Waals surface area contributed by atoms with Crippen LogP contribution in [0.15, 0.2) is 23.1 Å². The molecule has 0 bridgehead atoms. The molecule has 0 fully saturated rings. The summed E-state index contributed by atoms with van der Waals surface area (Å²) in [5, 5.41) is 0. The third-order valence-electron chi connectivity index (χ3n) is 2.26. The Hall–Kier alpha value is -0.910. The minimum absolute atomic E-state index is 0.448. The van der Waals surface area contributed by atoms with Crippen molar-refractivity contribution in [1.82, 2.24) is 0 Å². The number of hydrogen-bond donors (Lipinski definition) is 1. The van der Waals surface area contributed by atoms with Crippen LogP contribution in [0.1, 0.15) is 5.56 Å². The predicted octanol–water partition coefficient (Wildman–Crippen LogP) is 1.35. The highest BCUT2D eigenvalue weighted by molar-refractivity contribution is 7.85. The standard InChI is InChI=1S/C12H19NO3S/c1-10-3-4-12(11(13)9-10)17(14)8-7-16-6-5-15-2/h3-4,9H,5-8,13H2,1-2H3. The van der Waals surface area contributed by atoms with Crippen molar-refractivity contribution in [3.05, 3.63) is 23.8 Å². The second-order valence-corrected chi connectivity index (χ2v) is 5.24. The lowest BCUT2D eigenvalue weighted by Crippen LogP contribution is -2.10. The quantitative estimate of drug-likeness (QED) is 0.591. The Labute approximate surface area is 105 Å². The van der Waals surface area contributed by atoms with Crippen LogP contribution >= 0.6 is 0 Å². The van der Waals surface area contributed by atoms with Crippen LogP contribution in [0.5, 0.6) is 0 Å². The Balaban J connectivity index is 2.42. The summed E-state index contributed by atoms with van der Waals surface area (Å²) in [5.41, 5.74) is 7.47. The number of nitrogens with two attached hydrogens (primary N) is 1. The summed E-state index contributed by atoms with van der Waals surface area (Å²) in [4.78, 5) is 0.686. The monoisotopic (exact) mass is 257 g/mol. The topological polar surface area (TPSA) is 61.5 Å². The lowest BCUT2D eigenvalue weighted by Gasteiger charge is -2.07. The summed E-state index contributed by atoms with van der Waals surface area (Å²) in [6, 6.07) is 5.56. The van der Waals surface area contributed by atoms with Crippen molar-refractivity contribution in [2.75, 3.05) is 38.4 Å². The minimum atomic E-state index is -1.10. The molecule has 1 atom stereocenters. The molecule has 0 radical (unpaired) electrons. The van der Waals surface area contributed by atoms with E-state index >= 15 is 0 Å². The Morgan fingerprint density at radius 2 is 2.06 bits per heavy atom. The lowest BCUT2D eigenvalue weighted by atomic mass is 10.2. The molecule has 1 rings (SSSR count). The molecule has 0 aliphatic carbocycles. The number of benzene rings is 1. The molecule has 0 aliphatic heterocycles. The van der Waals surface area contributed by atoms with E-state index in [0.29, 0.717) is 36.2 Å². The minimum Gasteiger partial charge on any atom is -0.398 e. The summed E-state index contributed by atoms with van der Waals surface area (Å²) < 4.78 is 22.0. The zero-order valence-corrected chi connectivity index (χ0v) is 11.1. The molecule has 0 heterocycles. The van der Waals surface area contributed by atoms with Gasteiger partial charge in [-0.1, -0.05) is 6.07 Å². The molecular formula is C12H19NO3S. The fourth-order valence-corrected chi connectivity index (χ4v) is 2.39. The fourth-order valence-electron chi connectivity index (χ4n) is 1.36. The maximum Gasteiger partial charge on any atom is 0.0700 e. The van der Waals surface area contributed by atoms with E-state index in [2.05, 4.69) is 0 Å². The van der Waals surface area contributed by atoms with Crippen molar-refractivity contribution in [2.24, 2.45) is 0 Å². The SMILES string of the molecule is COCCOCCS(=O)c1ccc(C)cc1N. The smallest absolute Gasteiger partial charge is 0.0700 e. The second kappa shape index (κ2) is 7.42. The Morgan fingerprint density at radius 1 is 1.29 bits per heavy atom. The van der Waals surface area contributed by atoms with Crippen molar-refractivity contribution < 1.29 is 13.7 Å². The van der Waals surface area contributed by atoms with E-state index in [-0.39, 0.29) is 0 Å². The van der Waals surface area contributed by atoms with E-state index in [0.717, 1.165) is 5.56 Å². The Kier molecular flexibility index (Phi) is 6.18. The van der Waals surface area contributed by atoms with Crippen LogP contribution in [0.4, 0.5) is 5.69 Å². The van der Waals surface area contributed by atoms with Gasteiger partial charge in [0.05, 0.1) is 41.3 Å². The number of ether oxygens (including phenoxy) is 2. The first-order chi connectivity index (χ1) is 8.15. The number of nitrogen functional groups attached to an aromatic ring is 1. The lowest BCUT2D eigenvalue weighted by molar-refractivity contribution is 0.0787. The number of hydrogen-bond acceptors (Lipinski definition) is 4. The van der Waals surface area contributed by atoms with Crippen LogP contribution in [0.3, 0.4) is 0 Å². The van der Waals surface area contributed by atoms with Gasteiger partial charge in [-0.15, -0.1) is 0 Å². The summed E-state index contributed by atoms with van der Waals surface area (Å²) in [6.45, 7) is 3.48. The van der Waals surface area contributed by atoms with Crippen molar-refractivity contribution >= 4 is 16.5 Å². The van der Waals surface area contributed by atoms with E-state index in [1.54, 1.807) is 7.11 Å². The first-order valence-corrected chi connectivity index (χ1v) is 6.78. The molecule has 96 valence electrons. The molecule has 0 spiro atoms. The van der Waals surface area contributed by atoms with Gasteiger partial charge in [0.15, 0.2) is 0 Å². The number of methoxy groups -OCH3 is 1. The average molecular weight is 257 g/mol. The van der Waals surface area contributed by atoms with Gasteiger partial charge in [-0.2, -0.15) is 0 Å². The Bertz CT molecular complexity index is 382. The van der Waals surface area contributed by atoms with Crippen LogP contribution in [-0.2, 0) is 20.3 Å². The molecule has 0 saturated carbocycles. The van der Waals surface area contributed by atoms with E-state index in [4.69, 9.17) is 15.2 Å². The second-order valence-electron chi connectivity index (χ2n) is 3.70. The van der Waals surface area contributed by atoms with Gasteiger partial charge < -0.3 is 15.2 Å². The van der Waals surface area contributed by atoms with Crippen LogP contribution in [0.25, 0.3) is 0 Å². The average Bonchev–Trinajstić information content (AvgIpc) is 2.28. The van der Waals surface area contributed by atoms with Gasteiger partial charge in [-0.05, 0) is 24.6 Å². The highest BCUT2D eigenvalue weighted by Gasteiger charge is 2.07. The van der Waals surface area contributed by atoms with E-state index < -0.39 is 10.8 Å². The van der Waals surface area contributed by atoms with E-state index in [9.17, 15) is 4.21 Å².